The van der Waals surface area contributed by atoms with Gasteiger partial charge in [-0.2, -0.15) is 0 Å². The third-order valence-corrected chi connectivity index (χ3v) is 2.07. The molecule has 2 rings (SSSR count). The van der Waals surface area contributed by atoms with Gasteiger partial charge in [0.2, 0.25) is 0 Å². The molecule has 0 aliphatic heterocycles. The molecular formula is C10H9NO2. The molecule has 66 valence electrons. The number of aromatic nitrogens is 1. The zero-order valence-electron chi connectivity index (χ0n) is 7.19. The van der Waals surface area contributed by atoms with Crippen LogP contribution < -0.4 is 5.56 Å². The summed E-state index contributed by atoms with van der Waals surface area (Å²) < 4.78 is 0.685. The summed E-state index contributed by atoms with van der Waals surface area (Å²) in [5, 5.41) is 10.3. The number of para-hydroxylation sites is 1. The molecule has 3 heteroatoms. The number of nitrogens with zero attached hydrogens (tertiary/aromatic N) is 1. The lowest BCUT2D eigenvalue weighted by Crippen LogP contribution is -2.19. The number of rotatable bonds is 0. The summed E-state index contributed by atoms with van der Waals surface area (Å²) in [6.45, 7) is 1.68. The molecule has 0 radical (unpaired) electrons. The minimum Gasteiger partial charge on any atom is -0.425 e. The minimum absolute atomic E-state index is 0.362. The van der Waals surface area contributed by atoms with Gasteiger partial charge in [0.15, 0.2) is 0 Å². The van der Waals surface area contributed by atoms with E-state index in [1.54, 1.807) is 25.1 Å². The normalized spacial score (nSPS) is 10.5. The van der Waals surface area contributed by atoms with Crippen LogP contribution in [0.5, 0.6) is 0 Å². The quantitative estimate of drug-likeness (QED) is 0.617. The monoisotopic (exact) mass is 175 g/mol. The molecule has 0 bridgehead atoms. The molecule has 0 atom stereocenters. The van der Waals surface area contributed by atoms with Crippen LogP contribution in [-0.4, -0.2) is 9.94 Å². The van der Waals surface area contributed by atoms with Crippen molar-refractivity contribution in [2.45, 2.75) is 6.92 Å². The Labute approximate surface area is 74.8 Å². The number of fused-ring (bicyclic) bond motifs is 1. The van der Waals surface area contributed by atoms with E-state index in [4.69, 9.17) is 0 Å². The van der Waals surface area contributed by atoms with Crippen molar-refractivity contribution < 1.29 is 5.21 Å². The lowest BCUT2D eigenvalue weighted by molar-refractivity contribution is 0.188. The number of aryl methyl sites for hydroxylation is 1. The van der Waals surface area contributed by atoms with Crippen molar-refractivity contribution in [3.05, 3.63) is 46.2 Å². The highest BCUT2D eigenvalue weighted by atomic mass is 16.5. The van der Waals surface area contributed by atoms with E-state index < -0.39 is 0 Å². The molecule has 0 saturated heterocycles. The lowest BCUT2D eigenvalue weighted by atomic mass is 10.2. The molecule has 0 fully saturated rings. The van der Waals surface area contributed by atoms with E-state index in [0.717, 1.165) is 5.39 Å². The average molecular weight is 175 g/mol. The van der Waals surface area contributed by atoms with Crippen molar-refractivity contribution in [2.75, 3.05) is 0 Å². The van der Waals surface area contributed by atoms with Crippen molar-refractivity contribution in [2.24, 2.45) is 0 Å². The Balaban J connectivity index is 3.02. The summed E-state index contributed by atoms with van der Waals surface area (Å²) in [5.74, 6) is 0. The first kappa shape index (κ1) is 7.86. The molecule has 0 spiro atoms. The SMILES string of the molecule is Cc1cc2ccccc2n(O)c1=O. The Hall–Kier alpha value is -1.77. The molecule has 13 heavy (non-hydrogen) atoms. The fourth-order valence-corrected chi connectivity index (χ4v) is 1.37. The number of hydrogen-bond acceptors (Lipinski definition) is 2. The standard InChI is InChI=1S/C10H9NO2/c1-7-6-8-4-2-3-5-9(8)11(13)10(7)12/h2-6,13H,1H3. The van der Waals surface area contributed by atoms with Gasteiger partial charge in [-0.15, -0.1) is 4.73 Å². The van der Waals surface area contributed by atoms with E-state index >= 15 is 0 Å². The zero-order chi connectivity index (χ0) is 9.42. The van der Waals surface area contributed by atoms with Gasteiger partial charge in [0, 0.05) is 10.9 Å². The van der Waals surface area contributed by atoms with E-state index in [1.165, 1.54) is 0 Å². The largest absolute Gasteiger partial charge is 0.425 e. The zero-order valence-corrected chi connectivity index (χ0v) is 7.19. The van der Waals surface area contributed by atoms with E-state index in [0.29, 0.717) is 15.8 Å². The van der Waals surface area contributed by atoms with Crippen LogP contribution in [0.1, 0.15) is 5.56 Å². The number of pyridine rings is 1. The minimum atomic E-state index is -0.362. The Bertz CT molecular complexity index is 514. The van der Waals surface area contributed by atoms with E-state index in [1.807, 2.05) is 12.1 Å². The smallest absolute Gasteiger partial charge is 0.286 e. The van der Waals surface area contributed by atoms with Gasteiger partial charge in [0.25, 0.3) is 5.56 Å². The third kappa shape index (κ3) is 1.09. The maximum absolute atomic E-state index is 11.3. The van der Waals surface area contributed by atoms with Gasteiger partial charge in [0.05, 0.1) is 5.52 Å². The molecule has 1 aromatic carbocycles. The molecular weight excluding hydrogens is 166 g/mol. The van der Waals surface area contributed by atoms with Gasteiger partial charge in [-0.1, -0.05) is 18.2 Å². The summed E-state index contributed by atoms with van der Waals surface area (Å²) in [6, 6.07) is 8.98. The first-order valence-electron chi connectivity index (χ1n) is 4.01. The highest BCUT2D eigenvalue weighted by molar-refractivity contribution is 5.79. The van der Waals surface area contributed by atoms with E-state index in [2.05, 4.69) is 0 Å². The molecule has 0 unspecified atom stereocenters. The molecule has 0 aliphatic carbocycles. The van der Waals surface area contributed by atoms with Crippen molar-refractivity contribution in [1.29, 1.82) is 0 Å². The predicted octanol–water partition coefficient (Wildman–Crippen LogP) is 1.55. The summed E-state index contributed by atoms with van der Waals surface area (Å²) in [5.41, 5.74) is 0.720. The van der Waals surface area contributed by atoms with Crippen molar-refractivity contribution in [3.63, 3.8) is 0 Å². The van der Waals surface area contributed by atoms with Gasteiger partial charge in [-0.25, -0.2) is 0 Å². The molecule has 1 heterocycles. The average Bonchev–Trinajstić information content (AvgIpc) is 2.15. The van der Waals surface area contributed by atoms with Crippen molar-refractivity contribution >= 4 is 10.9 Å². The molecule has 1 N–H and O–H groups in total. The lowest BCUT2D eigenvalue weighted by Gasteiger charge is -2.03. The van der Waals surface area contributed by atoms with Crippen molar-refractivity contribution in [1.82, 2.24) is 4.73 Å². The second kappa shape index (κ2) is 2.62. The van der Waals surface area contributed by atoms with Crippen LogP contribution in [0.3, 0.4) is 0 Å². The molecule has 0 saturated carbocycles. The molecule has 0 amide bonds. The topological polar surface area (TPSA) is 42.2 Å². The molecule has 2 aromatic rings. The van der Waals surface area contributed by atoms with Crippen LogP contribution in [0.2, 0.25) is 0 Å². The fraction of sp³-hybridized carbons (Fsp3) is 0.100. The van der Waals surface area contributed by atoms with Crippen LogP contribution in [-0.2, 0) is 0 Å². The van der Waals surface area contributed by atoms with Gasteiger partial charge in [0.1, 0.15) is 0 Å². The molecule has 0 aliphatic rings. The third-order valence-electron chi connectivity index (χ3n) is 2.07. The summed E-state index contributed by atoms with van der Waals surface area (Å²) in [6.07, 6.45) is 0. The Morgan fingerprint density at radius 3 is 2.77 bits per heavy atom. The number of benzene rings is 1. The van der Waals surface area contributed by atoms with Crippen LogP contribution in [0.25, 0.3) is 10.9 Å². The van der Waals surface area contributed by atoms with Crippen LogP contribution in [0, 0.1) is 6.92 Å². The number of hydrogen-bond donors (Lipinski definition) is 1. The van der Waals surface area contributed by atoms with Crippen LogP contribution in [0.4, 0.5) is 0 Å². The Kier molecular flexibility index (Phi) is 1.59. The van der Waals surface area contributed by atoms with Gasteiger partial charge in [-0.3, -0.25) is 4.79 Å². The second-order valence-electron chi connectivity index (χ2n) is 3.00. The van der Waals surface area contributed by atoms with E-state index in [9.17, 15) is 10.0 Å². The maximum Gasteiger partial charge on any atom is 0.286 e. The fourth-order valence-electron chi connectivity index (χ4n) is 1.37. The van der Waals surface area contributed by atoms with Crippen LogP contribution >= 0.6 is 0 Å². The summed E-state index contributed by atoms with van der Waals surface area (Å²) in [4.78, 5) is 11.3. The summed E-state index contributed by atoms with van der Waals surface area (Å²) in [7, 11) is 0. The van der Waals surface area contributed by atoms with Gasteiger partial charge < -0.3 is 5.21 Å². The van der Waals surface area contributed by atoms with Gasteiger partial charge in [-0.05, 0) is 19.1 Å². The molecule has 1 aromatic heterocycles. The second-order valence-corrected chi connectivity index (χ2v) is 3.00. The van der Waals surface area contributed by atoms with Gasteiger partial charge >= 0.3 is 0 Å². The Morgan fingerprint density at radius 2 is 2.00 bits per heavy atom. The first-order chi connectivity index (χ1) is 6.20. The first-order valence-corrected chi connectivity index (χ1v) is 4.01. The van der Waals surface area contributed by atoms with E-state index in [-0.39, 0.29) is 5.56 Å². The summed E-state index contributed by atoms with van der Waals surface area (Å²) >= 11 is 0. The predicted molar refractivity (Wildman–Crippen MR) is 50.1 cm³/mol. The molecule has 3 nitrogen and oxygen atoms in total. The Morgan fingerprint density at radius 1 is 1.31 bits per heavy atom. The highest BCUT2D eigenvalue weighted by Crippen LogP contribution is 2.10. The maximum atomic E-state index is 11.3. The van der Waals surface area contributed by atoms with Crippen molar-refractivity contribution in [3.8, 4) is 0 Å². The van der Waals surface area contributed by atoms with Crippen LogP contribution in [0.15, 0.2) is 35.1 Å². The highest BCUT2D eigenvalue weighted by Gasteiger charge is 2.02.